The molecule has 0 heterocycles. The van der Waals surface area contributed by atoms with Gasteiger partial charge in [0, 0.05) is 0 Å². The van der Waals surface area contributed by atoms with E-state index in [1.54, 1.807) is 0 Å². The van der Waals surface area contributed by atoms with Gasteiger partial charge in [0.15, 0.2) is 0 Å². The Kier molecular flexibility index (Phi) is 11.9. The van der Waals surface area contributed by atoms with Gasteiger partial charge in [-0.05, 0) is 175 Å². The maximum atomic E-state index is 4.37. The molecule has 0 radical (unpaired) electrons. The summed E-state index contributed by atoms with van der Waals surface area (Å²) < 4.78 is 0. The van der Waals surface area contributed by atoms with Gasteiger partial charge in [0.05, 0.1) is 0 Å². The number of benzene rings is 12. The zero-order chi connectivity index (χ0) is 46.1. The average Bonchev–Trinajstić information content (AvgIpc) is 3.41. The van der Waals surface area contributed by atoms with Crippen LogP contribution in [0.2, 0.25) is 0 Å². The Morgan fingerprint density at radius 3 is 1.42 bits per heavy atom. The van der Waals surface area contributed by atoms with Crippen molar-refractivity contribution in [3.8, 4) is 44.5 Å². The molecule has 0 N–H and O–H groups in total. The fourth-order valence-corrected chi connectivity index (χ4v) is 11.8. The largest absolute Gasteiger partial charge is 0.179 e. The van der Waals surface area contributed by atoms with Crippen LogP contribution in [0.25, 0.3) is 120 Å². The highest BCUT2D eigenvalue weighted by molar-refractivity contribution is 7.80. The van der Waals surface area contributed by atoms with Crippen LogP contribution in [0.3, 0.4) is 0 Å². The van der Waals surface area contributed by atoms with Crippen molar-refractivity contribution in [3.63, 3.8) is 0 Å². The molecule has 69 heavy (non-hydrogen) atoms. The van der Waals surface area contributed by atoms with E-state index in [9.17, 15) is 0 Å². The number of hydrogen-bond donors (Lipinski definition) is 1. The summed E-state index contributed by atoms with van der Waals surface area (Å²) in [4.78, 5) is 0. The quantitative estimate of drug-likeness (QED) is 0.0478. The molecule has 0 aliphatic carbocycles. The maximum absolute atomic E-state index is 4.37. The van der Waals surface area contributed by atoms with E-state index in [0.717, 1.165) is 12.2 Å². The van der Waals surface area contributed by atoms with Crippen LogP contribution >= 0.6 is 12.6 Å². The predicted octanol–water partition coefficient (Wildman–Crippen LogP) is 20.0. The molecule has 0 saturated heterocycles. The van der Waals surface area contributed by atoms with Crippen LogP contribution in [-0.4, -0.2) is 5.75 Å². The minimum Gasteiger partial charge on any atom is -0.179 e. The summed E-state index contributed by atoms with van der Waals surface area (Å²) in [5.74, 6) is 1.02. The first-order valence-corrected chi connectivity index (χ1v) is 25.9. The van der Waals surface area contributed by atoms with Crippen molar-refractivity contribution in [1.29, 1.82) is 0 Å². The Morgan fingerprint density at radius 2 is 0.725 bits per heavy atom. The SMILES string of the molecule is SCCCCCCCCCCc1ccc2c(-c3cccc(-c4c5ccccc5c(-c5cc6ccccc6c6ccccc56)c5cc(-c6cc7ccccc7c7ccccc67)ccc45)c3)cccc2c1. The lowest BCUT2D eigenvalue weighted by molar-refractivity contribution is 0.577. The van der Waals surface area contributed by atoms with Gasteiger partial charge in [-0.1, -0.05) is 227 Å². The first kappa shape index (κ1) is 43.1. The summed E-state index contributed by atoms with van der Waals surface area (Å²) in [6.45, 7) is 0. The van der Waals surface area contributed by atoms with E-state index < -0.39 is 0 Å². The van der Waals surface area contributed by atoms with E-state index in [1.165, 1.54) is 177 Å². The highest BCUT2D eigenvalue weighted by atomic mass is 32.1. The van der Waals surface area contributed by atoms with Gasteiger partial charge < -0.3 is 0 Å². The molecule has 1 heteroatoms. The number of rotatable bonds is 14. The summed E-state index contributed by atoms with van der Waals surface area (Å²) in [5.41, 5.74) is 11.5. The van der Waals surface area contributed by atoms with E-state index in [-0.39, 0.29) is 0 Å². The highest BCUT2D eigenvalue weighted by Crippen LogP contribution is 2.49. The van der Waals surface area contributed by atoms with Gasteiger partial charge in [0.25, 0.3) is 0 Å². The molecule has 12 rings (SSSR count). The topological polar surface area (TPSA) is 0 Å². The van der Waals surface area contributed by atoms with E-state index >= 15 is 0 Å². The molecule has 0 nitrogen and oxygen atoms in total. The normalized spacial score (nSPS) is 11.8. The lowest BCUT2D eigenvalue weighted by Crippen LogP contribution is -1.94. The molecule has 334 valence electrons. The number of hydrogen-bond acceptors (Lipinski definition) is 1. The number of thiol groups is 1. The van der Waals surface area contributed by atoms with Crippen LogP contribution in [0.5, 0.6) is 0 Å². The molecule has 0 spiro atoms. The fraction of sp³-hybridized carbons (Fsp3) is 0.147. The Hall–Kier alpha value is -7.19. The van der Waals surface area contributed by atoms with E-state index in [0.29, 0.717) is 0 Å². The van der Waals surface area contributed by atoms with Gasteiger partial charge in [0.2, 0.25) is 0 Å². The molecule has 12 aromatic carbocycles. The summed E-state index contributed by atoms with van der Waals surface area (Å²) >= 11 is 4.37. The smallest absolute Gasteiger partial charge is 0.00197 e. The van der Waals surface area contributed by atoms with Crippen LogP contribution in [0.1, 0.15) is 56.9 Å². The van der Waals surface area contributed by atoms with Crippen molar-refractivity contribution >= 4 is 88.0 Å². The monoisotopic (exact) mass is 904 g/mol. The van der Waals surface area contributed by atoms with Crippen molar-refractivity contribution < 1.29 is 0 Å². The first-order chi connectivity index (χ1) is 34.2. The molecule has 0 saturated carbocycles. The van der Waals surface area contributed by atoms with Crippen LogP contribution < -0.4 is 0 Å². The van der Waals surface area contributed by atoms with Crippen LogP contribution in [0.15, 0.2) is 212 Å². The number of aryl methyl sites for hydroxylation is 1. The molecule has 0 amide bonds. The van der Waals surface area contributed by atoms with Crippen molar-refractivity contribution in [2.24, 2.45) is 0 Å². The maximum Gasteiger partial charge on any atom is -0.00197 e. The van der Waals surface area contributed by atoms with Gasteiger partial charge in [-0.2, -0.15) is 12.6 Å². The fourth-order valence-electron chi connectivity index (χ4n) is 11.6. The lowest BCUT2D eigenvalue weighted by atomic mass is 9.82. The lowest BCUT2D eigenvalue weighted by Gasteiger charge is -2.21. The van der Waals surface area contributed by atoms with Crippen LogP contribution in [-0.2, 0) is 6.42 Å². The zero-order valence-corrected chi connectivity index (χ0v) is 40.1. The van der Waals surface area contributed by atoms with E-state index in [4.69, 9.17) is 0 Å². The molecule has 0 aliphatic heterocycles. The minimum absolute atomic E-state index is 1.02. The second-order valence-corrected chi connectivity index (χ2v) is 19.6. The van der Waals surface area contributed by atoms with Crippen molar-refractivity contribution in [3.05, 3.63) is 218 Å². The molecule has 0 fully saturated rings. The Balaban J connectivity index is 1.02. The number of unbranched alkanes of at least 4 members (excludes halogenated alkanes) is 7. The van der Waals surface area contributed by atoms with Gasteiger partial charge in [0.1, 0.15) is 0 Å². The van der Waals surface area contributed by atoms with Gasteiger partial charge in [-0.15, -0.1) is 0 Å². The van der Waals surface area contributed by atoms with Crippen LogP contribution in [0.4, 0.5) is 0 Å². The minimum atomic E-state index is 1.02. The van der Waals surface area contributed by atoms with Crippen molar-refractivity contribution in [1.82, 2.24) is 0 Å². The summed E-state index contributed by atoms with van der Waals surface area (Å²) in [6.07, 6.45) is 11.7. The third-order valence-electron chi connectivity index (χ3n) is 14.9. The van der Waals surface area contributed by atoms with Crippen molar-refractivity contribution in [2.75, 3.05) is 5.75 Å². The Morgan fingerprint density at radius 1 is 0.246 bits per heavy atom. The van der Waals surface area contributed by atoms with Gasteiger partial charge >= 0.3 is 0 Å². The van der Waals surface area contributed by atoms with E-state index in [2.05, 4.69) is 225 Å². The second-order valence-electron chi connectivity index (χ2n) is 19.2. The predicted molar refractivity (Wildman–Crippen MR) is 305 cm³/mol. The highest BCUT2D eigenvalue weighted by Gasteiger charge is 2.21. The molecule has 0 atom stereocenters. The molecule has 0 aromatic heterocycles. The summed E-state index contributed by atoms with van der Waals surface area (Å²) in [6, 6.07) is 80.2. The van der Waals surface area contributed by atoms with Gasteiger partial charge in [-0.3, -0.25) is 0 Å². The Labute approximate surface area is 411 Å². The number of fused-ring (bicyclic) bond motifs is 9. The van der Waals surface area contributed by atoms with E-state index in [1.807, 2.05) is 0 Å². The molecule has 12 aromatic rings. The van der Waals surface area contributed by atoms with Crippen LogP contribution in [0, 0.1) is 0 Å². The summed E-state index contributed by atoms with van der Waals surface area (Å²) in [7, 11) is 0. The third-order valence-corrected chi connectivity index (χ3v) is 15.2. The molecular weight excluding hydrogens is 849 g/mol. The third kappa shape index (κ3) is 8.13. The standard InChI is InChI=1S/C68H56S/c69-40-18-6-4-2-1-3-5-7-21-46-36-38-56-47(41-46)25-20-35-53(56)48-24-19-26-52(42-48)67-61-33-16-17-34-62(61)68(65-44-50-23-9-11-28-55(50)58-30-13-15-32-60(58)65)66-45-51(37-39-63(66)67)64-43-49-22-8-10-27-54(49)57-29-12-14-31-59(57)64/h8-17,19-20,22-39,41-45,69H,1-7,18,21,40H2. The summed E-state index contributed by atoms with van der Waals surface area (Å²) in [5, 5.41) is 17.8. The van der Waals surface area contributed by atoms with Gasteiger partial charge in [-0.25, -0.2) is 0 Å². The zero-order valence-electron chi connectivity index (χ0n) is 39.2. The molecular formula is C68H56S. The molecule has 0 bridgehead atoms. The average molecular weight is 905 g/mol. The first-order valence-electron chi connectivity index (χ1n) is 25.3. The van der Waals surface area contributed by atoms with Crippen molar-refractivity contribution in [2.45, 2.75) is 57.8 Å². The Bertz CT molecular complexity index is 3870. The molecule has 0 unspecified atom stereocenters. The molecule has 0 aliphatic rings. The second kappa shape index (κ2) is 19.1.